The van der Waals surface area contributed by atoms with Crippen LogP contribution >= 0.6 is 0 Å². The Bertz CT molecular complexity index is 872. The van der Waals surface area contributed by atoms with Gasteiger partial charge in [0.2, 0.25) is 0 Å². The maximum atomic E-state index is 12.5. The number of carbonyl (C=O) groups is 1. The van der Waals surface area contributed by atoms with Crippen LogP contribution in [-0.2, 0) is 13.0 Å². The molecule has 3 rings (SSSR count). The van der Waals surface area contributed by atoms with Gasteiger partial charge in [-0.15, -0.1) is 0 Å². The normalized spacial score (nSPS) is 11.3. The lowest BCUT2D eigenvalue weighted by Crippen LogP contribution is -2.14. The first-order valence-electron chi connectivity index (χ1n) is 7.91. The molecular weight excluding hydrogens is 343 g/mol. The number of nitrogens with one attached hydrogen (secondary N) is 1. The Kier molecular flexibility index (Phi) is 5.06. The Balaban J connectivity index is 1.65. The minimum atomic E-state index is -4.28. The number of hydrogen-bond donors (Lipinski definition) is 1. The highest BCUT2D eigenvalue weighted by Gasteiger charge is 2.27. The third-order valence-electron chi connectivity index (χ3n) is 3.73. The molecule has 0 atom stereocenters. The molecule has 26 heavy (non-hydrogen) atoms. The summed E-state index contributed by atoms with van der Waals surface area (Å²) in [4.78, 5) is 16.3. The summed E-state index contributed by atoms with van der Waals surface area (Å²) in [6, 6.07) is 12.8. The first-order chi connectivity index (χ1) is 12.4. The monoisotopic (exact) mass is 359 g/mol. The second-order valence-electron chi connectivity index (χ2n) is 5.88. The van der Waals surface area contributed by atoms with E-state index in [1.807, 2.05) is 22.9 Å². The molecule has 0 saturated carbocycles. The van der Waals surface area contributed by atoms with Crippen molar-refractivity contribution < 1.29 is 18.0 Å². The Hall–Kier alpha value is -3.09. The fraction of sp³-hybridized carbons (Fsp3) is 0.158. The highest BCUT2D eigenvalue weighted by atomic mass is 19.4. The van der Waals surface area contributed by atoms with Gasteiger partial charge in [0.1, 0.15) is 0 Å². The first kappa shape index (κ1) is 17.7. The minimum Gasteiger partial charge on any atom is -0.333 e. The molecule has 2 aromatic carbocycles. The third kappa shape index (κ3) is 4.95. The van der Waals surface area contributed by atoms with Gasteiger partial charge in [-0.25, -0.2) is 4.98 Å². The molecule has 1 amide bonds. The quantitative estimate of drug-likeness (QED) is 0.739. The maximum absolute atomic E-state index is 12.5. The summed E-state index contributed by atoms with van der Waals surface area (Å²) in [5, 5.41) is 2.63. The number of nitrogens with zero attached hydrogens (tertiary/aromatic N) is 2. The van der Waals surface area contributed by atoms with Gasteiger partial charge in [0.05, 0.1) is 12.7 Å². The predicted octanol–water partition coefficient (Wildman–Crippen LogP) is 4.29. The van der Waals surface area contributed by atoms with Gasteiger partial charge in [-0.05, 0) is 35.4 Å². The van der Waals surface area contributed by atoms with Crippen molar-refractivity contribution in [1.82, 2.24) is 9.55 Å². The summed E-state index contributed by atoms with van der Waals surface area (Å²) < 4.78 is 39.3. The predicted molar refractivity (Wildman–Crippen MR) is 91.9 cm³/mol. The van der Waals surface area contributed by atoms with Gasteiger partial charge >= 0.3 is 6.18 Å². The van der Waals surface area contributed by atoms with Crippen LogP contribution in [0.4, 0.5) is 18.9 Å². The van der Waals surface area contributed by atoms with Crippen LogP contribution in [0.1, 0.15) is 21.5 Å². The Morgan fingerprint density at radius 3 is 2.50 bits per heavy atom. The minimum absolute atomic E-state index is 0.103. The van der Waals surface area contributed by atoms with Crippen LogP contribution in [0.2, 0.25) is 0 Å². The molecule has 0 aliphatic carbocycles. The van der Waals surface area contributed by atoms with Gasteiger partial charge in [-0.2, -0.15) is 13.2 Å². The zero-order valence-corrected chi connectivity index (χ0v) is 13.7. The van der Waals surface area contributed by atoms with Crippen molar-refractivity contribution in [2.45, 2.75) is 19.1 Å². The average Bonchev–Trinajstić information content (AvgIpc) is 3.07. The average molecular weight is 359 g/mol. The van der Waals surface area contributed by atoms with E-state index in [2.05, 4.69) is 10.3 Å². The zero-order valence-electron chi connectivity index (χ0n) is 13.7. The molecular formula is C19H16F3N3O. The Morgan fingerprint density at radius 1 is 1.08 bits per heavy atom. The van der Waals surface area contributed by atoms with E-state index in [0.717, 1.165) is 5.56 Å². The number of alkyl halides is 3. The molecule has 1 heterocycles. The number of aromatic nitrogens is 2. The summed E-state index contributed by atoms with van der Waals surface area (Å²) in [7, 11) is 0. The van der Waals surface area contributed by atoms with E-state index in [4.69, 9.17) is 0 Å². The summed E-state index contributed by atoms with van der Waals surface area (Å²) in [5.41, 5.74) is 1.87. The number of amides is 1. The van der Waals surface area contributed by atoms with Crippen molar-refractivity contribution >= 4 is 11.6 Å². The number of rotatable bonds is 5. The third-order valence-corrected chi connectivity index (χ3v) is 3.73. The van der Waals surface area contributed by atoms with Crippen molar-refractivity contribution in [3.05, 3.63) is 83.9 Å². The lowest BCUT2D eigenvalue weighted by atomic mass is 10.1. The fourth-order valence-electron chi connectivity index (χ4n) is 2.55. The molecule has 0 unspecified atom stereocenters. The van der Waals surface area contributed by atoms with E-state index in [1.54, 1.807) is 30.7 Å². The number of carbonyl (C=O) groups excluding carboxylic acids is 1. The molecule has 3 aromatic rings. The molecule has 1 aromatic heterocycles. The number of halogens is 3. The molecule has 0 saturated heterocycles. The lowest BCUT2D eigenvalue weighted by Gasteiger charge is -2.10. The van der Waals surface area contributed by atoms with Crippen molar-refractivity contribution in [2.24, 2.45) is 0 Å². The van der Waals surface area contributed by atoms with Gasteiger partial charge in [0.15, 0.2) is 0 Å². The Morgan fingerprint density at radius 2 is 1.85 bits per heavy atom. The van der Waals surface area contributed by atoms with Crippen molar-refractivity contribution in [2.75, 3.05) is 5.32 Å². The smallest absolute Gasteiger partial charge is 0.333 e. The van der Waals surface area contributed by atoms with E-state index in [1.165, 1.54) is 18.2 Å². The molecule has 0 bridgehead atoms. The highest BCUT2D eigenvalue weighted by Crippen LogP contribution is 2.23. The van der Waals surface area contributed by atoms with Crippen LogP contribution < -0.4 is 5.32 Å². The van der Waals surface area contributed by atoms with Gasteiger partial charge in [0, 0.05) is 30.2 Å². The summed E-state index contributed by atoms with van der Waals surface area (Å²) in [6.07, 6.45) is -0.0782. The second-order valence-corrected chi connectivity index (χ2v) is 5.88. The Labute approximate surface area is 148 Å². The summed E-state index contributed by atoms with van der Waals surface area (Å²) >= 11 is 0. The topological polar surface area (TPSA) is 46.9 Å². The molecule has 0 aliphatic rings. The van der Waals surface area contributed by atoms with Crippen molar-refractivity contribution in [3.63, 3.8) is 0 Å². The first-order valence-corrected chi connectivity index (χ1v) is 7.91. The summed E-state index contributed by atoms with van der Waals surface area (Å²) in [6.45, 7) is 0.640. The lowest BCUT2D eigenvalue weighted by molar-refractivity contribution is -0.127. The van der Waals surface area contributed by atoms with Crippen LogP contribution in [0.15, 0.2) is 67.3 Å². The van der Waals surface area contributed by atoms with Crippen molar-refractivity contribution in [3.8, 4) is 0 Å². The molecule has 4 nitrogen and oxygen atoms in total. The molecule has 1 N–H and O–H groups in total. The van der Waals surface area contributed by atoms with E-state index in [0.29, 0.717) is 17.8 Å². The van der Waals surface area contributed by atoms with Crippen LogP contribution in [0.5, 0.6) is 0 Å². The molecule has 134 valence electrons. The molecule has 0 aliphatic heterocycles. The largest absolute Gasteiger partial charge is 0.393 e. The number of hydrogen-bond acceptors (Lipinski definition) is 2. The van der Waals surface area contributed by atoms with Gasteiger partial charge < -0.3 is 9.88 Å². The van der Waals surface area contributed by atoms with E-state index in [9.17, 15) is 18.0 Å². The molecule has 0 fully saturated rings. The van der Waals surface area contributed by atoms with E-state index in [-0.39, 0.29) is 11.5 Å². The fourth-order valence-corrected chi connectivity index (χ4v) is 2.55. The highest BCUT2D eigenvalue weighted by molar-refractivity contribution is 6.04. The standard InChI is InChI=1S/C19H16F3N3O/c20-19(21,22)11-15-2-1-3-17(10-15)24-18(26)16-6-4-14(5-7-16)12-25-9-8-23-13-25/h1-10,13H,11-12H2,(H,24,26). The number of anilines is 1. The number of imidazole rings is 1. The van der Waals surface area contributed by atoms with Crippen molar-refractivity contribution in [1.29, 1.82) is 0 Å². The van der Waals surface area contributed by atoms with Gasteiger partial charge in [0.25, 0.3) is 5.91 Å². The molecule has 0 radical (unpaired) electrons. The molecule has 7 heteroatoms. The van der Waals surface area contributed by atoms with Crippen LogP contribution in [0.3, 0.4) is 0 Å². The number of benzene rings is 2. The maximum Gasteiger partial charge on any atom is 0.393 e. The van der Waals surface area contributed by atoms with Crippen LogP contribution in [0.25, 0.3) is 0 Å². The summed E-state index contributed by atoms with van der Waals surface area (Å²) in [5.74, 6) is -0.372. The van der Waals surface area contributed by atoms with Crippen LogP contribution in [0, 0.1) is 0 Å². The second kappa shape index (κ2) is 7.43. The van der Waals surface area contributed by atoms with Gasteiger partial charge in [-0.1, -0.05) is 24.3 Å². The van der Waals surface area contributed by atoms with Crippen LogP contribution in [-0.4, -0.2) is 21.6 Å². The van der Waals surface area contributed by atoms with E-state index < -0.39 is 12.6 Å². The van der Waals surface area contributed by atoms with E-state index >= 15 is 0 Å². The SMILES string of the molecule is O=C(Nc1cccc(CC(F)(F)F)c1)c1ccc(Cn2ccnc2)cc1. The zero-order chi connectivity index (χ0) is 18.6. The van der Waals surface area contributed by atoms with Gasteiger partial charge in [-0.3, -0.25) is 4.79 Å². The molecule has 0 spiro atoms.